The number of benzene rings is 1. The summed E-state index contributed by atoms with van der Waals surface area (Å²) in [4.78, 5) is 24.2. The molecule has 1 saturated heterocycles. The van der Waals surface area contributed by atoms with E-state index >= 15 is 0 Å². The minimum Gasteiger partial charge on any atom is -0.497 e. The predicted octanol–water partition coefficient (Wildman–Crippen LogP) is 1.39. The Hall–Kier alpha value is -2.12. The first-order valence-electron chi connectivity index (χ1n) is 9.35. The summed E-state index contributed by atoms with van der Waals surface area (Å²) in [7, 11) is 3.30. The Morgan fingerprint density at radius 1 is 1.19 bits per heavy atom. The van der Waals surface area contributed by atoms with Crippen molar-refractivity contribution >= 4 is 11.8 Å². The maximum atomic E-state index is 12.6. The molecule has 7 nitrogen and oxygen atoms in total. The van der Waals surface area contributed by atoms with Crippen molar-refractivity contribution < 1.29 is 19.1 Å². The lowest BCUT2D eigenvalue weighted by Gasteiger charge is -2.37. The number of carbonyl (C=O) groups excluding carboxylic acids is 2. The molecule has 7 heteroatoms. The van der Waals surface area contributed by atoms with Crippen LogP contribution in [-0.4, -0.2) is 52.3 Å². The van der Waals surface area contributed by atoms with E-state index in [9.17, 15) is 9.59 Å². The van der Waals surface area contributed by atoms with Gasteiger partial charge in [0.25, 0.3) is 0 Å². The fourth-order valence-corrected chi connectivity index (χ4v) is 3.51. The Kier molecular flexibility index (Phi) is 8.06. The number of carbonyl (C=O) groups is 2. The molecule has 0 aliphatic carbocycles. The fraction of sp³-hybridized carbons (Fsp3) is 0.600. The second kappa shape index (κ2) is 10.3. The third-order valence-electron chi connectivity index (χ3n) is 5.06. The highest BCUT2D eigenvalue weighted by Crippen LogP contribution is 2.28. The average Bonchev–Trinajstić information content (AvgIpc) is 2.67. The monoisotopic (exact) mass is 377 g/mol. The van der Waals surface area contributed by atoms with Crippen molar-refractivity contribution in [3.8, 4) is 5.75 Å². The van der Waals surface area contributed by atoms with Gasteiger partial charge < -0.3 is 25.4 Å². The van der Waals surface area contributed by atoms with Crippen LogP contribution < -0.4 is 20.7 Å². The number of amides is 2. The van der Waals surface area contributed by atoms with Crippen LogP contribution >= 0.6 is 0 Å². The number of hydrogen-bond acceptors (Lipinski definition) is 5. The predicted molar refractivity (Wildman–Crippen MR) is 104 cm³/mol. The van der Waals surface area contributed by atoms with E-state index in [1.54, 1.807) is 14.2 Å². The third-order valence-corrected chi connectivity index (χ3v) is 5.06. The molecule has 1 aliphatic heterocycles. The van der Waals surface area contributed by atoms with E-state index in [0.29, 0.717) is 13.2 Å². The van der Waals surface area contributed by atoms with Gasteiger partial charge in [0.1, 0.15) is 5.75 Å². The van der Waals surface area contributed by atoms with Crippen molar-refractivity contribution in [2.75, 3.05) is 40.5 Å². The smallest absolute Gasteiger partial charge is 0.222 e. The van der Waals surface area contributed by atoms with Crippen LogP contribution in [0.25, 0.3) is 0 Å². The van der Waals surface area contributed by atoms with Crippen molar-refractivity contribution in [3.05, 3.63) is 29.8 Å². The van der Waals surface area contributed by atoms with E-state index in [-0.39, 0.29) is 29.7 Å². The van der Waals surface area contributed by atoms with Gasteiger partial charge >= 0.3 is 0 Å². The molecule has 0 spiro atoms. The van der Waals surface area contributed by atoms with Gasteiger partial charge in [-0.1, -0.05) is 12.1 Å². The van der Waals surface area contributed by atoms with E-state index in [4.69, 9.17) is 9.47 Å². The molecule has 0 aromatic heterocycles. The molecule has 3 N–H and O–H groups in total. The minimum absolute atomic E-state index is 0.0285. The molecule has 1 fully saturated rings. The Morgan fingerprint density at radius 2 is 1.85 bits per heavy atom. The highest BCUT2D eigenvalue weighted by Gasteiger charge is 2.32. The number of methoxy groups -OCH3 is 2. The van der Waals surface area contributed by atoms with Crippen molar-refractivity contribution in [1.29, 1.82) is 0 Å². The molecule has 1 atom stereocenters. The lowest BCUT2D eigenvalue weighted by molar-refractivity contribution is -0.123. The summed E-state index contributed by atoms with van der Waals surface area (Å²) in [6, 6.07) is 7.01. The molecule has 1 heterocycles. The van der Waals surface area contributed by atoms with E-state index in [2.05, 4.69) is 16.0 Å². The topological polar surface area (TPSA) is 88.7 Å². The zero-order chi connectivity index (χ0) is 19.7. The van der Waals surface area contributed by atoms with Crippen LogP contribution in [0.3, 0.4) is 0 Å². The first-order chi connectivity index (χ1) is 13.0. The van der Waals surface area contributed by atoms with E-state index < -0.39 is 0 Å². The van der Waals surface area contributed by atoms with E-state index in [1.807, 2.05) is 24.3 Å². The summed E-state index contributed by atoms with van der Waals surface area (Å²) in [5.41, 5.74) is 0.842. The summed E-state index contributed by atoms with van der Waals surface area (Å²) in [6.45, 7) is 4.52. The zero-order valence-electron chi connectivity index (χ0n) is 16.5. The maximum absolute atomic E-state index is 12.6. The first-order valence-corrected chi connectivity index (χ1v) is 9.35. The molecule has 1 aliphatic rings. The van der Waals surface area contributed by atoms with Gasteiger partial charge in [-0.25, -0.2) is 0 Å². The standard InChI is InChI=1S/C20H31N3O4/c1-15(24)23-18(16-4-6-17(27-3)7-5-16)12-19(25)22-13-20(14-26-2)8-10-21-11-9-20/h4-7,18,21H,8-14H2,1-3H3,(H,22,25)(H,23,24). The van der Waals surface area contributed by atoms with Gasteiger partial charge in [-0.05, 0) is 43.6 Å². The highest BCUT2D eigenvalue weighted by molar-refractivity contribution is 5.79. The second-order valence-corrected chi connectivity index (χ2v) is 7.19. The summed E-state index contributed by atoms with van der Waals surface area (Å²) >= 11 is 0. The SMILES string of the molecule is COCC1(CNC(=O)CC(NC(C)=O)c2ccc(OC)cc2)CCNCC1. The van der Waals surface area contributed by atoms with Gasteiger partial charge in [0.05, 0.1) is 26.2 Å². The molecule has 0 saturated carbocycles. The fourth-order valence-electron chi connectivity index (χ4n) is 3.51. The molecular formula is C20H31N3O4. The molecule has 0 bridgehead atoms. The van der Waals surface area contributed by atoms with Crippen LogP contribution in [0.2, 0.25) is 0 Å². The molecule has 1 aromatic rings. The van der Waals surface area contributed by atoms with Crippen LogP contribution in [0.4, 0.5) is 0 Å². The normalized spacial score (nSPS) is 17.0. The van der Waals surface area contributed by atoms with Gasteiger partial charge in [-0.3, -0.25) is 9.59 Å². The largest absolute Gasteiger partial charge is 0.497 e. The number of ether oxygens (including phenoxy) is 2. The molecular weight excluding hydrogens is 346 g/mol. The lowest BCUT2D eigenvalue weighted by atomic mass is 9.79. The maximum Gasteiger partial charge on any atom is 0.222 e. The summed E-state index contributed by atoms with van der Waals surface area (Å²) in [6.07, 6.45) is 2.12. The molecule has 2 amide bonds. The summed E-state index contributed by atoms with van der Waals surface area (Å²) in [5.74, 6) is 0.480. The third kappa shape index (κ3) is 6.52. The Balaban J connectivity index is 1.98. The number of rotatable bonds is 9. The van der Waals surface area contributed by atoms with Gasteiger partial charge in [0.2, 0.25) is 11.8 Å². The van der Waals surface area contributed by atoms with Crippen molar-refractivity contribution in [1.82, 2.24) is 16.0 Å². The zero-order valence-corrected chi connectivity index (χ0v) is 16.5. The van der Waals surface area contributed by atoms with Crippen molar-refractivity contribution in [2.24, 2.45) is 5.41 Å². The van der Waals surface area contributed by atoms with Crippen LogP contribution in [0, 0.1) is 5.41 Å². The van der Waals surface area contributed by atoms with Crippen LogP contribution in [0.1, 0.15) is 37.8 Å². The first kappa shape index (κ1) is 21.2. The Morgan fingerprint density at radius 3 is 2.41 bits per heavy atom. The molecule has 1 unspecified atom stereocenters. The number of hydrogen-bond donors (Lipinski definition) is 3. The number of nitrogens with one attached hydrogen (secondary N) is 3. The van der Waals surface area contributed by atoms with Crippen molar-refractivity contribution in [2.45, 2.75) is 32.2 Å². The molecule has 150 valence electrons. The van der Waals surface area contributed by atoms with Gasteiger partial charge in [-0.15, -0.1) is 0 Å². The minimum atomic E-state index is -0.375. The van der Waals surface area contributed by atoms with Crippen LogP contribution in [0.5, 0.6) is 5.75 Å². The Labute approximate surface area is 161 Å². The lowest BCUT2D eigenvalue weighted by Crippen LogP contribution is -2.47. The molecule has 27 heavy (non-hydrogen) atoms. The average molecular weight is 377 g/mol. The molecule has 0 radical (unpaired) electrons. The van der Waals surface area contributed by atoms with Gasteiger partial charge in [0, 0.05) is 26.0 Å². The Bertz CT molecular complexity index is 607. The quantitative estimate of drug-likeness (QED) is 0.605. The molecule has 2 rings (SSSR count). The van der Waals surface area contributed by atoms with Crippen molar-refractivity contribution in [3.63, 3.8) is 0 Å². The van der Waals surface area contributed by atoms with E-state index in [0.717, 1.165) is 37.2 Å². The number of piperidine rings is 1. The molecule has 1 aromatic carbocycles. The van der Waals surface area contributed by atoms with Crippen LogP contribution in [-0.2, 0) is 14.3 Å². The highest BCUT2D eigenvalue weighted by atomic mass is 16.5. The van der Waals surface area contributed by atoms with Crippen LogP contribution in [0.15, 0.2) is 24.3 Å². The van der Waals surface area contributed by atoms with E-state index in [1.165, 1.54) is 6.92 Å². The van der Waals surface area contributed by atoms with Gasteiger partial charge in [0.15, 0.2) is 0 Å². The summed E-state index contributed by atoms with van der Waals surface area (Å²) in [5, 5.41) is 9.26. The van der Waals surface area contributed by atoms with Gasteiger partial charge in [-0.2, -0.15) is 0 Å². The second-order valence-electron chi connectivity index (χ2n) is 7.19. The summed E-state index contributed by atoms with van der Waals surface area (Å²) < 4.78 is 10.6.